The minimum Gasteiger partial charge on any atom is -0.399 e. The molecule has 1 saturated heterocycles. The minimum atomic E-state index is -3.28. The Labute approximate surface area is 123 Å². The van der Waals surface area contributed by atoms with Gasteiger partial charge in [0.2, 0.25) is 0 Å². The number of carbonyl (C=O) groups excluding carboxylic acids is 1. The van der Waals surface area contributed by atoms with Crippen molar-refractivity contribution in [2.75, 3.05) is 29.5 Å². The summed E-state index contributed by atoms with van der Waals surface area (Å²) in [6, 6.07) is 6.64. The number of nitrogen functional groups attached to an aromatic ring is 1. The van der Waals surface area contributed by atoms with Crippen molar-refractivity contribution in [3.8, 4) is 0 Å². The fraction of sp³-hybridized carbons (Fsp3) is 0.462. The zero-order chi connectivity index (χ0) is 14.8. The maximum Gasteiger partial charge on any atom is 0.255 e. The lowest BCUT2D eigenvalue weighted by Crippen LogP contribution is -2.50. The number of thioether (sulfide) groups is 1. The van der Waals surface area contributed by atoms with E-state index in [9.17, 15) is 13.2 Å². The monoisotopic (exact) mass is 314 g/mol. The molecule has 5 nitrogen and oxygen atoms in total. The largest absolute Gasteiger partial charge is 0.399 e. The van der Waals surface area contributed by atoms with Gasteiger partial charge in [0.1, 0.15) is 5.37 Å². The molecule has 1 heterocycles. The average Bonchev–Trinajstić information content (AvgIpc) is 2.46. The zero-order valence-corrected chi connectivity index (χ0v) is 12.9. The van der Waals surface area contributed by atoms with Crippen LogP contribution >= 0.6 is 11.8 Å². The van der Waals surface area contributed by atoms with Gasteiger partial charge < -0.3 is 10.6 Å². The van der Waals surface area contributed by atoms with Crippen LogP contribution < -0.4 is 5.73 Å². The molecule has 0 aliphatic carbocycles. The van der Waals surface area contributed by atoms with E-state index in [0.717, 1.165) is 5.75 Å². The molecule has 1 unspecified atom stereocenters. The van der Waals surface area contributed by atoms with E-state index < -0.39 is 15.2 Å². The van der Waals surface area contributed by atoms with Crippen molar-refractivity contribution in [3.05, 3.63) is 29.8 Å². The molecule has 1 aromatic rings. The standard InChI is InChI=1S/C13H18N2O3S2/c1-2-20(17,18)12-9-19-7-6-15(12)13(16)10-4-3-5-11(14)8-10/h3-5,8,12H,2,6-7,9,14H2,1H3. The van der Waals surface area contributed by atoms with Gasteiger partial charge in [-0.15, -0.1) is 0 Å². The highest BCUT2D eigenvalue weighted by atomic mass is 32.2. The first-order valence-electron chi connectivity index (χ1n) is 6.41. The van der Waals surface area contributed by atoms with Crippen LogP contribution in [-0.2, 0) is 9.84 Å². The highest BCUT2D eigenvalue weighted by molar-refractivity contribution is 8.01. The Bertz CT molecular complexity index is 601. The Morgan fingerprint density at radius 2 is 2.25 bits per heavy atom. The Morgan fingerprint density at radius 3 is 2.90 bits per heavy atom. The summed E-state index contributed by atoms with van der Waals surface area (Å²) in [4.78, 5) is 14.0. The third-order valence-corrected chi connectivity index (χ3v) is 6.58. The predicted octanol–water partition coefficient (Wildman–Crippen LogP) is 1.22. The van der Waals surface area contributed by atoms with Gasteiger partial charge in [0.25, 0.3) is 5.91 Å². The molecule has 1 atom stereocenters. The van der Waals surface area contributed by atoms with E-state index in [1.54, 1.807) is 43.0 Å². The molecular weight excluding hydrogens is 296 g/mol. The van der Waals surface area contributed by atoms with Gasteiger partial charge in [-0.3, -0.25) is 4.79 Å². The van der Waals surface area contributed by atoms with Crippen LogP contribution in [0.2, 0.25) is 0 Å². The predicted molar refractivity (Wildman–Crippen MR) is 82.5 cm³/mol. The zero-order valence-electron chi connectivity index (χ0n) is 11.3. The Balaban J connectivity index is 2.31. The molecule has 1 aliphatic heterocycles. The number of hydrogen-bond acceptors (Lipinski definition) is 5. The number of nitrogens with zero attached hydrogens (tertiary/aromatic N) is 1. The molecule has 110 valence electrons. The normalized spacial score (nSPS) is 19.9. The Morgan fingerprint density at radius 1 is 1.50 bits per heavy atom. The summed E-state index contributed by atoms with van der Waals surface area (Å²) in [7, 11) is -3.28. The second-order valence-electron chi connectivity index (χ2n) is 4.61. The average molecular weight is 314 g/mol. The summed E-state index contributed by atoms with van der Waals surface area (Å²) in [5.41, 5.74) is 6.61. The summed E-state index contributed by atoms with van der Waals surface area (Å²) in [5.74, 6) is 0.965. The van der Waals surface area contributed by atoms with Crippen molar-refractivity contribution in [1.29, 1.82) is 0 Å². The van der Waals surface area contributed by atoms with Gasteiger partial charge in [0.05, 0.1) is 0 Å². The maximum atomic E-state index is 12.5. The molecular formula is C13H18N2O3S2. The quantitative estimate of drug-likeness (QED) is 0.849. The molecule has 0 bridgehead atoms. The number of carbonyl (C=O) groups is 1. The van der Waals surface area contributed by atoms with Gasteiger partial charge in [-0.25, -0.2) is 8.42 Å². The molecule has 1 aliphatic rings. The number of rotatable bonds is 3. The lowest BCUT2D eigenvalue weighted by atomic mass is 10.2. The summed E-state index contributed by atoms with van der Waals surface area (Å²) < 4.78 is 24.3. The van der Waals surface area contributed by atoms with E-state index in [-0.39, 0.29) is 11.7 Å². The van der Waals surface area contributed by atoms with Crippen molar-refractivity contribution in [3.63, 3.8) is 0 Å². The second-order valence-corrected chi connectivity index (χ2v) is 8.20. The van der Waals surface area contributed by atoms with E-state index in [1.807, 2.05) is 0 Å². The van der Waals surface area contributed by atoms with Gasteiger partial charge >= 0.3 is 0 Å². The first-order chi connectivity index (χ1) is 9.45. The molecule has 2 N–H and O–H groups in total. The van der Waals surface area contributed by atoms with Crippen LogP contribution in [0, 0.1) is 0 Å². The fourth-order valence-electron chi connectivity index (χ4n) is 2.14. The summed E-state index contributed by atoms with van der Waals surface area (Å²) in [6.07, 6.45) is 0. The van der Waals surface area contributed by atoms with Crippen molar-refractivity contribution in [1.82, 2.24) is 4.90 Å². The lowest BCUT2D eigenvalue weighted by Gasteiger charge is -2.34. The highest BCUT2D eigenvalue weighted by Gasteiger charge is 2.36. The Hall–Kier alpha value is -1.21. The van der Waals surface area contributed by atoms with E-state index in [2.05, 4.69) is 0 Å². The number of nitrogens with two attached hydrogens (primary N) is 1. The molecule has 0 saturated carbocycles. The summed E-state index contributed by atoms with van der Waals surface area (Å²) in [5, 5.41) is -0.736. The van der Waals surface area contributed by atoms with Gasteiger partial charge in [0, 0.05) is 35.1 Å². The maximum absolute atomic E-state index is 12.5. The molecule has 0 aromatic heterocycles. The van der Waals surface area contributed by atoms with E-state index >= 15 is 0 Å². The molecule has 2 rings (SSSR count). The molecule has 7 heteroatoms. The molecule has 1 aromatic carbocycles. The number of amides is 1. The van der Waals surface area contributed by atoms with Gasteiger partial charge in [-0.2, -0.15) is 11.8 Å². The van der Waals surface area contributed by atoms with Crippen LogP contribution in [-0.4, -0.2) is 48.4 Å². The second kappa shape index (κ2) is 6.05. The summed E-state index contributed by atoms with van der Waals surface area (Å²) in [6.45, 7) is 2.06. The van der Waals surface area contributed by atoms with Crippen molar-refractivity contribution >= 4 is 33.2 Å². The molecule has 1 fully saturated rings. The molecule has 0 spiro atoms. The number of benzene rings is 1. The number of sulfone groups is 1. The first-order valence-corrected chi connectivity index (χ1v) is 9.28. The topological polar surface area (TPSA) is 80.5 Å². The highest BCUT2D eigenvalue weighted by Crippen LogP contribution is 2.23. The van der Waals surface area contributed by atoms with Crippen molar-refractivity contribution in [2.24, 2.45) is 0 Å². The van der Waals surface area contributed by atoms with Crippen LogP contribution in [0.5, 0.6) is 0 Å². The van der Waals surface area contributed by atoms with Crippen molar-refractivity contribution < 1.29 is 13.2 Å². The summed E-state index contributed by atoms with van der Waals surface area (Å²) >= 11 is 1.57. The van der Waals surface area contributed by atoms with Crippen LogP contribution in [0.15, 0.2) is 24.3 Å². The van der Waals surface area contributed by atoms with Crippen LogP contribution in [0.25, 0.3) is 0 Å². The SMILES string of the molecule is CCS(=O)(=O)C1CSCCN1C(=O)c1cccc(N)c1. The van der Waals surface area contributed by atoms with Crippen LogP contribution in [0.4, 0.5) is 5.69 Å². The number of anilines is 1. The van der Waals surface area contributed by atoms with E-state index in [4.69, 9.17) is 5.73 Å². The smallest absolute Gasteiger partial charge is 0.255 e. The van der Waals surface area contributed by atoms with E-state index in [1.165, 1.54) is 4.90 Å². The van der Waals surface area contributed by atoms with Gasteiger partial charge in [-0.1, -0.05) is 13.0 Å². The molecule has 1 amide bonds. The van der Waals surface area contributed by atoms with Crippen LogP contribution in [0.3, 0.4) is 0 Å². The van der Waals surface area contributed by atoms with Crippen LogP contribution in [0.1, 0.15) is 17.3 Å². The minimum absolute atomic E-state index is 0.0406. The third-order valence-electron chi connectivity index (χ3n) is 3.30. The fourth-order valence-corrected chi connectivity index (χ4v) is 5.11. The van der Waals surface area contributed by atoms with Gasteiger partial charge in [-0.05, 0) is 18.2 Å². The molecule has 0 radical (unpaired) electrons. The first kappa shape index (κ1) is 15.2. The van der Waals surface area contributed by atoms with Gasteiger partial charge in [0.15, 0.2) is 9.84 Å². The lowest BCUT2D eigenvalue weighted by molar-refractivity contribution is 0.0749. The number of hydrogen-bond donors (Lipinski definition) is 1. The third kappa shape index (κ3) is 3.09. The van der Waals surface area contributed by atoms with E-state index in [0.29, 0.717) is 23.5 Å². The molecule has 20 heavy (non-hydrogen) atoms. The van der Waals surface area contributed by atoms with Crippen molar-refractivity contribution in [2.45, 2.75) is 12.3 Å². The Kier molecular flexibility index (Phi) is 4.59.